The Bertz CT molecular complexity index is 275. The molecule has 18 heavy (non-hydrogen) atoms. The van der Waals surface area contributed by atoms with Crippen molar-refractivity contribution in [3.05, 3.63) is 0 Å². The molecule has 3 unspecified atom stereocenters. The molecule has 0 saturated carbocycles. The van der Waals surface area contributed by atoms with E-state index in [4.69, 9.17) is 10.2 Å². The lowest BCUT2D eigenvalue weighted by Gasteiger charge is -2.37. The fraction of sp³-hybridized carbons (Fsp3) is 0.909. The highest BCUT2D eigenvalue weighted by atomic mass is 16.8. The van der Waals surface area contributed by atoms with Crippen molar-refractivity contribution in [2.24, 2.45) is 11.3 Å². The lowest BCUT2D eigenvalue weighted by Crippen LogP contribution is -2.48. The Balaban J connectivity index is 4.49. The van der Waals surface area contributed by atoms with Crippen molar-refractivity contribution < 1.29 is 34.7 Å². The fourth-order valence-electron chi connectivity index (χ4n) is 0.776. The second-order valence-corrected chi connectivity index (χ2v) is 5.05. The predicted molar refractivity (Wildman–Crippen MR) is 61.3 cm³/mol. The predicted octanol–water partition coefficient (Wildman–Crippen LogP) is -0.187. The second-order valence-electron chi connectivity index (χ2n) is 5.05. The molecular formula is C11H22O7. The number of rotatable bonds is 6. The van der Waals surface area contributed by atoms with Crippen LogP contribution in [-0.2, 0) is 9.47 Å². The molecule has 0 aliphatic heterocycles. The summed E-state index contributed by atoms with van der Waals surface area (Å²) in [5.41, 5.74) is -1.10. The molecule has 108 valence electrons. The summed E-state index contributed by atoms with van der Waals surface area (Å²) in [6, 6.07) is 0. The van der Waals surface area contributed by atoms with Gasteiger partial charge in [0.15, 0.2) is 0 Å². The molecule has 0 aromatic heterocycles. The van der Waals surface area contributed by atoms with E-state index < -0.39 is 36.2 Å². The maximum Gasteiger partial charge on any atom is 0.513 e. The minimum absolute atomic E-state index is 0.368. The van der Waals surface area contributed by atoms with Gasteiger partial charge in [-0.2, -0.15) is 0 Å². The summed E-state index contributed by atoms with van der Waals surface area (Å²) in [5.74, 6) is -2.63. The zero-order valence-corrected chi connectivity index (χ0v) is 11.1. The van der Waals surface area contributed by atoms with Crippen LogP contribution in [-0.4, -0.2) is 51.9 Å². The van der Waals surface area contributed by atoms with Gasteiger partial charge in [0.2, 0.25) is 12.1 Å². The van der Waals surface area contributed by atoms with Crippen molar-refractivity contribution in [3.63, 3.8) is 0 Å². The topological polar surface area (TPSA) is 116 Å². The summed E-state index contributed by atoms with van der Waals surface area (Å²) in [5, 5.41) is 37.1. The highest BCUT2D eigenvalue weighted by Gasteiger charge is 2.43. The van der Waals surface area contributed by atoms with Gasteiger partial charge in [0.25, 0.3) is 0 Å². The summed E-state index contributed by atoms with van der Waals surface area (Å²) in [6.07, 6.45) is -2.81. The number of hydrogen-bond donors (Lipinski definition) is 4. The van der Waals surface area contributed by atoms with E-state index in [1.807, 2.05) is 0 Å². The van der Waals surface area contributed by atoms with Crippen LogP contribution in [0.5, 0.6) is 0 Å². The van der Waals surface area contributed by atoms with Gasteiger partial charge >= 0.3 is 6.16 Å². The van der Waals surface area contributed by atoms with Gasteiger partial charge in [0.1, 0.15) is 0 Å². The number of aliphatic hydroxyl groups excluding tert-OH is 3. The van der Waals surface area contributed by atoms with Gasteiger partial charge < -0.3 is 29.9 Å². The number of aliphatic hydroxyl groups is 4. The van der Waals surface area contributed by atoms with E-state index in [9.17, 15) is 15.0 Å². The molecule has 3 atom stereocenters. The Kier molecular flexibility index (Phi) is 6.01. The molecule has 0 spiro atoms. The minimum atomic E-state index is -1.96. The summed E-state index contributed by atoms with van der Waals surface area (Å²) in [4.78, 5) is 11.3. The highest BCUT2D eigenvalue weighted by Crippen LogP contribution is 2.31. The molecule has 0 saturated heterocycles. The van der Waals surface area contributed by atoms with Crippen molar-refractivity contribution in [2.75, 3.05) is 13.2 Å². The molecule has 0 aromatic carbocycles. The maximum atomic E-state index is 11.3. The monoisotopic (exact) mass is 266 g/mol. The molecule has 0 aromatic rings. The van der Waals surface area contributed by atoms with Crippen LogP contribution in [0.15, 0.2) is 0 Å². The van der Waals surface area contributed by atoms with E-state index in [-0.39, 0.29) is 6.61 Å². The second kappa shape index (κ2) is 6.33. The van der Waals surface area contributed by atoms with Gasteiger partial charge in [-0.1, -0.05) is 20.8 Å². The molecule has 0 aliphatic carbocycles. The molecule has 4 N–H and O–H groups in total. The molecule has 7 heteroatoms. The molecule has 7 nitrogen and oxygen atoms in total. The quantitative estimate of drug-likeness (QED) is 0.389. The Labute approximate surface area is 106 Å². The first-order valence-corrected chi connectivity index (χ1v) is 5.59. The van der Waals surface area contributed by atoms with Crippen LogP contribution in [0, 0.1) is 11.3 Å². The van der Waals surface area contributed by atoms with Crippen molar-refractivity contribution in [3.8, 4) is 0 Å². The van der Waals surface area contributed by atoms with E-state index >= 15 is 0 Å². The van der Waals surface area contributed by atoms with Crippen molar-refractivity contribution in [1.29, 1.82) is 0 Å². The van der Waals surface area contributed by atoms with Crippen LogP contribution < -0.4 is 0 Å². The molecule has 0 bridgehead atoms. The molecule has 0 amide bonds. The van der Waals surface area contributed by atoms with E-state index in [0.717, 1.165) is 0 Å². The average molecular weight is 266 g/mol. The minimum Gasteiger partial charge on any atom is -0.404 e. The summed E-state index contributed by atoms with van der Waals surface area (Å²) >= 11 is 0. The zero-order chi connectivity index (χ0) is 14.6. The first kappa shape index (κ1) is 17.1. The lowest BCUT2D eigenvalue weighted by atomic mass is 9.85. The number of carbonyl (C=O) groups excluding carboxylic acids is 1. The smallest absolute Gasteiger partial charge is 0.404 e. The SMILES string of the molecule is CC(CO)C(O)OC(=O)OC(C)(O)C(C)(C)CO. The number of ether oxygens (including phenoxy) is 2. The van der Waals surface area contributed by atoms with Crippen LogP contribution >= 0.6 is 0 Å². The normalized spacial score (nSPS) is 18.7. The third-order valence-electron chi connectivity index (χ3n) is 2.92. The van der Waals surface area contributed by atoms with Gasteiger partial charge in [-0.05, 0) is 0 Å². The molecule has 0 fully saturated rings. The molecule has 0 radical (unpaired) electrons. The van der Waals surface area contributed by atoms with Gasteiger partial charge in [-0.3, -0.25) is 0 Å². The van der Waals surface area contributed by atoms with Gasteiger partial charge in [-0.25, -0.2) is 4.79 Å². The van der Waals surface area contributed by atoms with Crippen LogP contribution in [0.3, 0.4) is 0 Å². The Hall–Kier alpha value is -0.890. The van der Waals surface area contributed by atoms with E-state index in [1.54, 1.807) is 0 Å². The standard InChI is InChI=1S/C11H22O7/c1-7(5-12)8(14)17-9(15)18-11(4,16)10(2,3)6-13/h7-8,12-14,16H,5-6H2,1-4H3. The number of carbonyl (C=O) groups is 1. The largest absolute Gasteiger partial charge is 0.513 e. The maximum absolute atomic E-state index is 11.3. The molecular weight excluding hydrogens is 244 g/mol. The summed E-state index contributed by atoms with van der Waals surface area (Å²) < 4.78 is 9.12. The van der Waals surface area contributed by atoms with Gasteiger partial charge in [0.05, 0.1) is 18.6 Å². The Morgan fingerprint density at radius 2 is 1.78 bits per heavy atom. The van der Waals surface area contributed by atoms with E-state index in [2.05, 4.69) is 9.47 Å². The number of hydrogen-bond acceptors (Lipinski definition) is 7. The van der Waals surface area contributed by atoms with Crippen LogP contribution in [0.1, 0.15) is 27.7 Å². The lowest BCUT2D eigenvalue weighted by molar-refractivity contribution is -0.246. The van der Waals surface area contributed by atoms with E-state index in [1.165, 1.54) is 27.7 Å². The van der Waals surface area contributed by atoms with Crippen molar-refractivity contribution >= 4 is 6.16 Å². The Morgan fingerprint density at radius 3 is 2.17 bits per heavy atom. The fourth-order valence-corrected chi connectivity index (χ4v) is 0.776. The summed E-state index contributed by atoms with van der Waals surface area (Å²) in [6.45, 7) is 4.87. The van der Waals surface area contributed by atoms with Crippen molar-refractivity contribution in [2.45, 2.75) is 39.8 Å². The van der Waals surface area contributed by atoms with Crippen LogP contribution in [0.25, 0.3) is 0 Å². The molecule has 0 rings (SSSR count). The third kappa shape index (κ3) is 4.41. The van der Waals surface area contributed by atoms with Crippen molar-refractivity contribution in [1.82, 2.24) is 0 Å². The van der Waals surface area contributed by atoms with Crippen LogP contribution in [0.2, 0.25) is 0 Å². The van der Waals surface area contributed by atoms with Crippen LogP contribution in [0.4, 0.5) is 4.79 Å². The molecule has 0 heterocycles. The van der Waals surface area contributed by atoms with E-state index in [0.29, 0.717) is 0 Å². The highest BCUT2D eigenvalue weighted by molar-refractivity contribution is 5.60. The first-order chi connectivity index (χ1) is 8.07. The van der Waals surface area contributed by atoms with Gasteiger partial charge in [-0.15, -0.1) is 0 Å². The average Bonchev–Trinajstić information content (AvgIpc) is 2.26. The first-order valence-electron chi connectivity index (χ1n) is 5.59. The third-order valence-corrected chi connectivity index (χ3v) is 2.92. The zero-order valence-electron chi connectivity index (χ0n) is 11.1. The van der Waals surface area contributed by atoms with Gasteiger partial charge in [0, 0.05) is 12.8 Å². The Morgan fingerprint density at radius 1 is 1.28 bits per heavy atom. The molecule has 0 aliphatic rings. The summed E-state index contributed by atoms with van der Waals surface area (Å²) in [7, 11) is 0.